The first-order valence-corrected chi connectivity index (χ1v) is 19.6. The topological polar surface area (TPSA) is 143 Å². The van der Waals surface area contributed by atoms with Crippen LogP contribution in [0.4, 0.5) is 0 Å². The Kier molecular flexibility index (Phi) is 16.5. The molecule has 0 bridgehead atoms. The molecule has 4 aromatic rings. The van der Waals surface area contributed by atoms with Crippen molar-refractivity contribution < 1.29 is 38.7 Å². The average Bonchev–Trinajstić information content (AvgIpc) is 3.19. The molecule has 0 saturated carbocycles. The summed E-state index contributed by atoms with van der Waals surface area (Å²) in [5.74, 6) is 0.201. The second-order valence-corrected chi connectivity index (χ2v) is 15.7. The lowest BCUT2D eigenvalue weighted by Crippen LogP contribution is -2.51. The van der Waals surface area contributed by atoms with Crippen LogP contribution in [0.25, 0.3) is 0 Å². The Bertz CT molecular complexity index is 2160. The number of nitrogens with zero attached hydrogens (tertiary/aromatic N) is 3. The van der Waals surface area contributed by atoms with Crippen molar-refractivity contribution >= 4 is 35.9 Å². The molecular formula is C48H59N3O8. The first kappa shape index (κ1) is 47.3. The van der Waals surface area contributed by atoms with Gasteiger partial charge in [0.1, 0.15) is 17.8 Å². The fraction of sp³-hybridized carbons (Fsp3) is 0.375. The van der Waals surface area contributed by atoms with E-state index < -0.39 is 11.1 Å². The highest BCUT2D eigenvalue weighted by Gasteiger charge is 2.35. The minimum Gasteiger partial charge on any atom is -0.496 e. The van der Waals surface area contributed by atoms with Crippen LogP contribution in [0.5, 0.6) is 11.5 Å². The molecule has 4 rings (SSSR count). The van der Waals surface area contributed by atoms with Crippen LogP contribution in [0.15, 0.2) is 78.0 Å². The molecule has 0 radical (unpaired) electrons. The highest BCUT2D eigenvalue weighted by atomic mass is 16.5. The zero-order chi connectivity index (χ0) is 44.2. The minimum atomic E-state index is -1.13. The summed E-state index contributed by atoms with van der Waals surface area (Å²) in [5.41, 5.74) is 5.28. The van der Waals surface area contributed by atoms with Crippen molar-refractivity contribution in [3.8, 4) is 11.5 Å². The van der Waals surface area contributed by atoms with Crippen LogP contribution in [0.1, 0.15) is 116 Å². The molecule has 11 heteroatoms. The van der Waals surface area contributed by atoms with Crippen molar-refractivity contribution in [1.29, 1.82) is 0 Å². The quantitative estimate of drug-likeness (QED) is 0.0390. The monoisotopic (exact) mass is 805 g/mol. The van der Waals surface area contributed by atoms with Gasteiger partial charge in [-0.1, -0.05) is 77.7 Å². The second-order valence-electron chi connectivity index (χ2n) is 15.7. The molecule has 0 heterocycles. The summed E-state index contributed by atoms with van der Waals surface area (Å²) in [7, 11) is 3.13. The maximum Gasteiger partial charge on any atom is 0.255 e. The van der Waals surface area contributed by atoms with Crippen molar-refractivity contribution in [3.05, 3.63) is 128 Å². The van der Waals surface area contributed by atoms with E-state index in [4.69, 9.17) is 14.7 Å². The fourth-order valence-corrected chi connectivity index (χ4v) is 7.08. The summed E-state index contributed by atoms with van der Waals surface area (Å²) in [4.78, 5) is 67.7. The molecular weight excluding hydrogens is 747 g/mol. The number of hydrogen-bond acceptors (Lipinski definition) is 9. The van der Waals surface area contributed by atoms with Gasteiger partial charge in [-0.2, -0.15) is 0 Å². The molecule has 0 aromatic heterocycles. The predicted octanol–water partition coefficient (Wildman–Crippen LogP) is 8.62. The number of hydrogen-bond donors (Lipinski definition) is 1. The largest absolute Gasteiger partial charge is 0.496 e. The van der Waals surface area contributed by atoms with E-state index in [2.05, 4.69) is 5.16 Å². The van der Waals surface area contributed by atoms with Gasteiger partial charge in [0.05, 0.1) is 44.6 Å². The highest BCUT2D eigenvalue weighted by Crippen LogP contribution is 2.27. The highest BCUT2D eigenvalue weighted by molar-refractivity contribution is 6.05. The molecule has 59 heavy (non-hydrogen) atoms. The van der Waals surface area contributed by atoms with Gasteiger partial charge in [0.15, 0.2) is 11.6 Å². The normalized spacial score (nSPS) is 11.3. The first-order valence-electron chi connectivity index (χ1n) is 19.6. The van der Waals surface area contributed by atoms with Gasteiger partial charge in [-0.3, -0.25) is 19.2 Å². The molecule has 0 saturated heterocycles. The SMILES string of the molecule is CCc1c(OC)cccc1C(=O)CN(C(=O)c1cc(C)cc(C)c1)C(C)(C)/C=N/O.CCc1c(OC)cccc1C(=O)CN(C(=O)c1cc(C)cc(C)c1)C(C)(C)C=O. The number of ether oxygens (including phenoxy) is 2. The third-order valence-corrected chi connectivity index (χ3v) is 10.1. The van der Waals surface area contributed by atoms with E-state index >= 15 is 0 Å². The zero-order valence-electron chi connectivity index (χ0n) is 36.6. The summed E-state index contributed by atoms with van der Waals surface area (Å²) in [6, 6.07) is 21.7. The Hall–Kier alpha value is -6.10. The standard InChI is InChI=1S/C24H30N2O4.C24H29NO4/c1-7-19-20(9-8-10-22(19)30-6)21(27)14-26(24(4,5)15-25-29)23(28)18-12-16(2)11-17(3)13-18;1-7-19-20(9-8-10-22(19)29-6)21(27)14-25(24(4,5)15-26)23(28)18-12-16(2)11-17(3)13-18/h8-13,15,29H,7,14H2,1-6H3;8-13,15H,7,14H2,1-6H3/b25-15+;. The number of carbonyl (C=O) groups excluding carboxylic acids is 5. The zero-order valence-corrected chi connectivity index (χ0v) is 36.6. The number of amides is 2. The van der Waals surface area contributed by atoms with E-state index in [1.807, 2.05) is 65.8 Å². The van der Waals surface area contributed by atoms with Crippen LogP contribution in [-0.4, -0.2) is 89.3 Å². The lowest BCUT2D eigenvalue weighted by Gasteiger charge is -2.35. The molecule has 0 spiro atoms. The van der Waals surface area contributed by atoms with Gasteiger partial charge >= 0.3 is 0 Å². The van der Waals surface area contributed by atoms with Gasteiger partial charge in [-0.15, -0.1) is 0 Å². The minimum absolute atomic E-state index is 0.162. The summed E-state index contributed by atoms with van der Waals surface area (Å²) in [6.45, 7) is 17.9. The molecule has 4 aromatic carbocycles. The van der Waals surface area contributed by atoms with E-state index in [-0.39, 0.29) is 36.5 Å². The van der Waals surface area contributed by atoms with Crippen LogP contribution < -0.4 is 9.47 Å². The van der Waals surface area contributed by atoms with Gasteiger partial charge in [0.25, 0.3) is 11.8 Å². The smallest absolute Gasteiger partial charge is 0.255 e. The second kappa shape index (κ2) is 20.5. The molecule has 11 nitrogen and oxygen atoms in total. The van der Waals surface area contributed by atoms with Crippen molar-refractivity contribution in [1.82, 2.24) is 9.80 Å². The molecule has 0 aliphatic rings. The van der Waals surface area contributed by atoms with Crippen LogP contribution >= 0.6 is 0 Å². The van der Waals surface area contributed by atoms with E-state index in [0.717, 1.165) is 33.4 Å². The number of carbonyl (C=O) groups is 5. The average molecular weight is 806 g/mol. The van der Waals surface area contributed by atoms with Gasteiger partial charge in [0, 0.05) is 33.4 Å². The number of aryl methyl sites for hydroxylation is 4. The van der Waals surface area contributed by atoms with Gasteiger partial charge < -0.3 is 29.3 Å². The number of oxime groups is 1. The van der Waals surface area contributed by atoms with Crippen molar-refractivity contribution in [2.75, 3.05) is 27.3 Å². The Morgan fingerprint density at radius 2 is 0.983 bits per heavy atom. The Balaban J connectivity index is 0.000000316. The number of ketones is 2. The maximum absolute atomic E-state index is 13.4. The molecule has 1 N–H and O–H groups in total. The van der Waals surface area contributed by atoms with E-state index in [0.29, 0.717) is 52.9 Å². The summed E-state index contributed by atoms with van der Waals surface area (Å²) < 4.78 is 10.8. The lowest BCUT2D eigenvalue weighted by molar-refractivity contribution is -0.115. The number of benzene rings is 4. The van der Waals surface area contributed by atoms with Crippen LogP contribution in [0, 0.1) is 27.7 Å². The number of rotatable bonds is 16. The summed E-state index contributed by atoms with van der Waals surface area (Å²) in [6.07, 6.45) is 3.20. The summed E-state index contributed by atoms with van der Waals surface area (Å²) in [5, 5.41) is 12.3. The summed E-state index contributed by atoms with van der Waals surface area (Å²) >= 11 is 0. The Morgan fingerprint density at radius 1 is 0.627 bits per heavy atom. The molecule has 2 amide bonds. The Labute approximate surface area is 349 Å². The van der Waals surface area contributed by atoms with Crippen LogP contribution in [-0.2, 0) is 17.6 Å². The van der Waals surface area contributed by atoms with Crippen molar-refractivity contribution in [2.45, 2.75) is 93.2 Å². The fourth-order valence-electron chi connectivity index (χ4n) is 7.08. The maximum atomic E-state index is 13.4. The third-order valence-electron chi connectivity index (χ3n) is 10.1. The van der Waals surface area contributed by atoms with Gasteiger partial charge in [-0.25, -0.2) is 0 Å². The van der Waals surface area contributed by atoms with Gasteiger partial charge in [-0.05, 0) is 105 Å². The van der Waals surface area contributed by atoms with Crippen molar-refractivity contribution in [2.24, 2.45) is 5.16 Å². The number of Topliss-reactive ketones (excluding diaryl/α,β-unsaturated/α-hetero) is 2. The molecule has 0 aliphatic heterocycles. The number of aldehydes is 1. The molecule has 314 valence electrons. The molecule has 0 atom stereocenters. The molecule has 0 fully saturated rings. The number of methoxy groups -OCH3 is 2. The first-order chi connectivity index (χ1) is 27.8. The molecule has 0 aliphatic carbocycles. The van der Waals surface area contributed by atoms with Crippen molar-refractivity contribution in [3.63, 3.8) is 0 Å². The van der Waals surface area contributed by atoms with E-state index in [1.165, 1.54) is 16.0 Å². The van der Waals surface area contributed by atoms with E-state index in [1.54, 1.807) is 90.4 Å². The van der Waals surface area contributed by atoms with Crippen LogP contribution in [0.2, 0.25) is 0 Å². The third kappa shape index (κ3) is 11.7. The van der Waals surface area contributed by atoms with Crippen LogP contribution in [0.3, 0.4) is 0 Å². The lowest BCUT2D eigenvalue weighted by atomic mass is 9.96. The van der Waals surface area contributed by atoms with Gasteiger partial charge in [0.2, 0.25) is 0 Å². The predicted molar refractivity (Wildman–Crippen MR) is 232 cm³/mol. The molecule has 0 unspecified atom stereocenters. The van der Waals surface area contributed by atoms with E-state index in [9.17, 15) is 24.0 Å². The Morgan fingerprint density at radius 3 is 1.29 bits per heavy atom.